The van der Waals surface area contributed by atoms with Gasteiger partial charge in [-0.1, -0.05) is 20.8 Å². The quantitative estimate of drug-likeness (QED) is 0.156. The lowest BCUT2D eigenvalue weighted by atomic mass is 9.93. The molecule has 3 aromatic heterocycles. The number of ether oxygens (including phenoxy) is 2. The van der Waals surface area contributed by atoms with Gasteiger partial charge in [0.1, 0.15) is 22.7 Å². The second-order valence-corrected chi connectivity index (χ2v) is 16.5. The molecule has 3 amide bonds. The minimum Gasteiger partial charge on any atom is -0.457 e. The average Bonchev–Trinajstić information content (AvgIpc) is 3.51. The molecule has 1 aliphatic rings. The van der Waals surface area contributed by atoms with E-state index in [1.54, 1.807) is 46.4 Å². The fourth-order valence-electron chi connectivity index (χ4n) is 5.23. The number of unbranched alkanes of at least 4 members (excludes halogenated alkanes) is 1. The van der Waals surface area contributed by atoms with Crippen LogP contribution >= 0.6 is 11.3 Å². The fraction of sp³-hybridized carbons (Fsp3) is 0.541. The number of nitrogens with one attached hydrogen (secondary N) is 2. The van der Waals surface area contributed by atoms with Gasteiger partial charge in [0.2, 0.25) is 5.91 Å². The fourth-order valence-corrected chi connectivity index (χ4v) is 6.16. The predicted molar refractivity (Wildman–Crippen MR) is 202 cm³/mol. The van der Waals surface area contributed by atoms with Gasteiger partial charge in [0.15, 0.2) is 5.13 Å². The van der Waals surface area contributed by atoms with E-state index in [0.29, 0.717) is 68.5 Å². The Morgan fingerprint density at radius 2 is 1.60 bits per heavy atom. The number of nitrogens with zero attached hydrogens (tertiary/aromatic N) is 5. The Balaban J connectivity index is 1.50. The molecule has 0 aliphatic carbocycles. The molecule has 0 unspecified atom stereocenters. The summed E-state index contributed by atoms with van der Waals surface area (Å²) in [7, 11) is 0. The summed E-state index contributed by atoms with van der Waals surface area (Å²) in [5, 5.41) is 7.92. The van der Waals surface area contributed by atoms with Gasteiger partial charge in [-0.25, -0.2) is 19.6 Å². The normalized spacial score (nSPS) is 14.1. The number of carbonyl (C=O) groups excluding carboxylic acids is 4. The summed E-state index contributed by atoms with van der Waals surface area (Å²) >= 11 is 1.34. The number of esters is 1. The van der Waals surface area contributed by atoms with Gasteiger partial charge in [0, 0.05) is 67.8 Å². The summed E-state index contributed by atoms with van der Waals surface area (Å²) in [6.07, 6.45) is 5.18. The van der Waals surface area contributed by atoms with Crippen LogP contribution in [0.15, 0.2) is 34.6 Å². The maximum Gasteiger partial charge on any atom is 0.407 e. The number of thiazole rings is 1. The number of fused-ring (bicyclic) bond motifs is 1. The van der Waals surface area contributed by atoms with Crippen LogP contribution in [0.2, 0.25) is 0 Å². The van der Waals surface area contributed by atoms with Crippen molar-refractivity contribution in [2.75, 3.05) is 42.9 Å². The van der Waals surface area contributed by atoms with E-state index < -0.39 is 34.7 Å². The van der Waals surface area contributed by atoms with E-state index in [-0.39, 0.29) is 22.5 Å². The SMILES string of the molecule is CC(C)(C)OC(=O)/C=C/c1c(N2CCN(C(=O)CCCCNC(=O)OC(C)(C)C)CC2)nc2cc(C(=O)Nc3nc(C(C)(C)C)cs3)ccn2c1=O. The van der Waals surface area contributed by atoms with Crippen molar-refractivity contribution in [1.29, 1.82) is 0 Å². The summed E-state index contributed by atoms with van der Waals surface area (Å²) in [5.74, 6) is -0.672. The summed E-state index contributed by atoms with van der Waals surface area (Å²) in [6.45, 7) is 18.8. The number of carbonyl (C=O) groups is 4. The highest BCUT2D eigenvalue weighted by atomic mass is 32.1. The van der Waals surface area contributed by atoms with Gasteiger partial charge in [-0.2, -0.15) is 0 Å². The molecule has 0 radical (unpaired) electrons. The Labute approximate surface area is 308 Å². The molecule has 14 nitrogen and oxygen atoms in total. The summed E-state index contributed by atoms with van der Waals surface area (Å²) < 4.78 is 12.0. The summed E-state index contributed by atoms with van der Waals surface area (Å²) in [4.78, 5) is 77.6. The Morgan fingerprint density at radius 3 is 2.21 bits per heavy atom. The lowest BCUT2D eigenvalue weighted by Gasteiger charge is -2.36. The molecule has 1 saturated heterocycles. The maximum absolute atomic E-state index is 13.9. The molecular weight excluding hydrogens is 687 g/mol. The number of hydrogen-bond acceptors (Lipinski definition) is 11. The number of piperazine rings is 1. The Hall–Kier alpha value is -4.79. The van der Waals surface area contributed by atoms with Gasteiger partial charge < -0.3 is 24.6 Å². The molecule has 1 aliphatic heterocycles. The van der Waals surface area contributed by atoms with Crippen molar-refractivity contribution >= 4 is 57.9 Å². The third-order valence-electron chi connectivity index (χ3n) is 7.81. The first-order valence-electron chi connectivity index (χ1n) is 17.4. The molecule has 0 atom stereocenters. The van der Waals surface area contributed by atoms with E-state index in [4.69, 9.17) is 14.5 Å². The first-order valence-corrected chi connectivity index (χ1v) is 18.3. The average molecular weight is 738 g/mol. The first kappa shape index (κ1) is 40.0. The molecule has 0 bridgehead atoms. The number of amides is 3. The first-order chi connectivity index (χ1) is 24.2. The number of alkyl carbamates (subject to hydrolysis) is 1. The minimum atomic E-state index is -0.720. The van der Waals surface area contributed by atoms with E-state index in [1.165, 1.54) is 46.2 Å². The Kier molecular flexibility index (Phi) is 12.5. The van der Waals surface area contributed by atoms with Crippen LogP contribution in [0.25, 0.3) is 11.7 Å². The standard InChI is InChI=1S/C37H51N7O7S/c1-35(2,3)26-23-52-33(39-26)41-31(47)24-15-17-44-27(22-24)40-30(25(32(44)48)13-14-29(46)50-36(4,5)6)43-20-18-42(19-21-43)28(45)12-10-11-16-38-34(49)51-37(7,8)9/h13-15,17,22-23H,10-12,16,18-21H2,1-9H3,(H,38,49)(H,39,41,47)/b14-13+. The van der Waals surface area contributed by atoms with Crippen LogP contribution in [-0.4, -0.2) is 87.1 Å². The van der Waals surface area contributed by atoms with Gasteiger partial charge in [-0.15, -0.1) is 11.3 Å². The van der Waals surface area contributed by atoms with Crippen molar-refractivity contribution < 1.29 is 28.7 Å². The minimum absolute atomic E-state index is 0.000918. The molecule has 0 aromatic carbocycles. The van der Waals surface area contributed by atoms with Crippen LogP contribution in [-0.2, 0) is 24.5 Å². The third-order valence-corrected chi connectivity index (χ3v) is 8.57. The van der Waals surface area contributed by atoms with Crippen molar-refractivity contribution in [2.24, 2.45) is 0 Å². The molecule has 0 spiro atoms. The molecule has 282 valence electrons. The van der Waals surface area contributed by atoms with E-state index in [9.17, 15) is 24.0 Å². The van der Waals surface area contributed by atoms with Gasteiger partial charge in [-0.3, -0.25) is 24.1 Å². The highest BCUT2D eigenvalue weighted by Gasteiger charge is 2.26. The van der Waals surface area contributed by atoms with Crippen LogP contribution in [0.5, 0.6) is 0 Å². The van der Waals surface area contributed by atoms with Crippen LogP contribution < -0.4 is 21.1 Å². The molecule has 4 rings (SSSR count). The van der Waals surface area contributed by atoms with Gasteiger partial charge in [0.25, 0.3) is 11.5 Å². The molecular formula is C37H51N7O7S. The highest BCUT2D eigenvalue weighted by Crippen LogP contribution is 2.27. The maximum atomic E-state index is 13.9. The largest absolute Gasteiger partial charge is 0.457 e. The topological polar surface area (TPSA) is 165 Å². The molecule has 2 N–H and O–H groups in total. The summed E-state index contributed by atoms with van der Waals surface area (Å²) in [5.41, 5.74) is -0.315. The van der Waals surface area contributed by atoms with Gasteiger partial charge >= 0.3 is 12.1 Å². The van der Waals surface area contributed by atoms with E-state index >= 15 is 0 Å². The molecule has 3 aromatic rings. The monoisotopic (exact) mass is 737 g/mol. The molecule has 52 heavy (non-hydrogen) atoms. The molecule has 0 saturated carbocycles. The summed E-state index contributed by atoms with van der Waals surface area (Å²) in [6, 6.07) is 3.07. The van der Waals surface area contributed by atoms with Crippen LogP contribution in [0.4, 0.5) is 15.7 Å². The zero-order valence-corrected chi connectivity index (χ0v) is 32.4. The second-order valence-electron chi connectivity index (χ2n) is 15.7. The lowest BCUT2D eigenvalue weighted by Crippen LogP contribution is -2.49. The Bertz CT molecular complexity index is 1870. The Morgan fingerprint density at radius 1 is 0.923 bits per heavy atom. The number of rotatable bonds is 10. The third kappa shape index (κ3) is 11.4. The van der Waals surface area contributed by atoms with Crippen molar-refractivity contribution in [3.63, 3.8) is 0 Å². The van der Waals surface area contributed by atoms with Crippen molar-refractivity contribution in [1.82, 2.24) is 24.6 Å². The molecule has 15 heteroatoms. The van der Waals surface area contributed by atoms with Gasteiger partial charge in [0.05, 0.1) is 11.3 Å². The smallest absolute Gasteiger partial charge is 0.407 e. The predicted octanol–water partition coefficient (Wildman–Crippen LogP) is 5.40. The van der Waals surface area contributed by atoms with Crippen LogP contribution in [0.3, 0.4) is 0 Å². The second kappa shape index (κ2) is 16.3. The number of anilines is 2. The number of pyridine rings is 1. The zero-order chi connectivity index (χ0) is 38.4. The highest BCUT2D eigenvalue weighted by molar-refractivity contribution is 7.14. The number of hydrogen-bond donors (Lipinski definition) is 2. The van der Waals surface area contributed by atoms with Crippen molar-refractivity contribution in [2.45, 2.75) is 98.2 Å². The van der Waals surface area contributed by atoms with Crippen molar-refractivity contribution in [3.8, 4) is 0 Å². The zero-order valence-electron chi connectivity index (χ0n) is 31.6. The van der Waals surface area contributed by atoms with E-state index in [2.05, 4.69) is 15.6 Å². The van der Waals surface area contributed by atoms with E-state index in [0.717, 1.165) is 5.69 Å². The van der Waals surface area contributed by atoms with Gasteiger partial charge in [-0.05, 0) is 72.6 Å². The van der Waals surface area contributed by atoms with Crippen LogP contribution in [0, 0.1) is 0 Å². The van der Waals surface area contributed by atoms with E-state index in [1.807, 2.05) is 31.1 Å². The van der Waals surface area contributed by atoms with Crippen molar-refractivity contribution in [3.05, 3.63) is 57.0 Å². The number of aromatic nitrogens is 3. The molecule has 1 fully saturated rings. The molecule has 4 heterocycles. The van der Waals surface area contributed by atoms with Crippen LogP contribution in [0.1, 0.15) is 103 Å². The lowest BCUT2D eigenvalue weighted by molar-refractivity contribution is -0.148.